The minimum absolute atomic E-state index is 0.207. The molecule has 0 atom stereocenters. The Bertz CT molecular complexity index is 1690. The molecular formula is C31H29N5O3. The van der Waals surface area contributed by atoms with Crippen LogP contribution in [-0.4, -0.2) is 18.4 Å². The van der Waals surface area contributed by atoms with E-state index in [4.69, 9.17) is 15.6 Å². The van der Waals surface area contributed by atoms with Crippen molar-refractivity contribution in [1.82, 2.24) is 16.2 Å². The Morgan fingerprint density at radius 3 is 2.49 bits per heavy atom. The van der Waals surface area contributed by atoms with Crippen LogP contribution in [0.1, 0.15) is 39.6 Å². The van der Waals surface area contributed by atoms with Crippen molar-refractivity contribution in [2.45, 2.75) is 19.9 Å². The average Bonchev–Trinajstić information content (AvgIpc) is 2.95. The van der Waals surface area contributed by atoms with Crippen LogP contribution < -0.4 is 27.3 Å². The highest BCUT2D eigenvalue weighted by molar-refractivity contribution is 6.09. The van der Waals surface area contributed by atoms with Gasteiger partial charge in [-0.15, -0.1) is 0 Å². The molecule has 0 unspecified atom stereocenters. The molecule has 0 aromatic heterocycles. The van der Waals surface area contributed by atoms with E-state index in [-0.39, 0.29) is 11.8 Å². The number of nitrogens with two attached hydrogens (primary N) is 1. The van der Waals surface area contributed by atoms with Crippen LogP contribution in [0.5, 0.6) is 0 Å². The SMILES string of the molecule is CCCNNC(=O)c1ccc(CNC(=O)c2ccccc2-c2c3ccc(=N)cc-3oc3cc(N)ccc23)cc1. The number of nitrogen functional groups attached to an aromatic ring is 1. The smallest absolute Gasteiger partial charge is 0.265 e. The summed E-state index contributed by atoms with van der Waals surface area (Å²) in [4.78, 5) is 25.7. The minimum Gasteiger partial charge on any atom is -0.456 e. The van der Waals surface area contributed by atoms with Crippen LogP contribution in [0.4, 0.5) is 5.69 Å². The molecule has 2 amide bonds. The number of hydrogen-bond acceptors (Lipinski definition) is 6. The van der Waals surface area contributed by atoms with Crippen LogP contribution in [0.2, 0.25) is 0 Å². The summed E-state index contributed by atoms with van der Waals surface area (Å²) >= 11 is 0. The number of benzene rings is 4. The van der Waals surface area contributed by atoms with Gasteiger partial charge in [-0.3, -0.25) is 15.0 Å². The number of amides is 2. The summed E-state index contributed by atoms with van der Waals surface area (Å²) in [5.74, 6) is 0.104. The van der Waals surface area contributed by atoms with Crippen LogP contribution in [0, 0.1) is 5.41 Å². The lowest BCUT2D eigenvalue weighted by Crippen LogP contribution is -2.37. The van der Waals surface area contributed by atoms with Gasteiger partial charge in [0.2, 0.25) is 0 Å². The van der Waals surface area contributed by atoms with Crippen molar-refractivity contribution >= 4 is 28.5 Å². The fraction of sp³-hybridized carbons (Fsp3) is 0.129. The van der Waals surface area contributed by atoms with Crippen LogP contribution in [0.25, 0.3) is 33.4 Å². The third-order valence-electron chi connectivity index (χ3n) is 6.43. The van der Waals surface area contributed by atoms with Crippen molar-refractivity contribution in [2.24, 2.45) is 0 Å². The maximum atomic E-state index is 13.5. The highest BCUT2D eigenvalue weighted by Crippen LogP contribution is 2.41. The predicted octanol–water partition coefficient (Wildman–Crippen LogP) is 4.84. The zero-order valence-corrected chi connectivity index (χ0v) is 21.5. The monoisotopic (exact) mass is 519 g/mol. The third-order valence-corrected chi connectivity index (χ3v) is 6.43. The van der Waals surface area contributed by atoms with Gasteiger partial charge in [-0.25, -0.2) is 5.43 Å². The number of nitrogens with one attached hydrogen (secondary N) is 4. The zero-order valence-electron chi connectivity index (χ0n) is 21.5. The number of carbonyl (C=O) groups excluding carboxylic acids is 2. The van der Waals surface area contributed by atoms with E-state index in [9.17, 15) is 9.59 Å². The summed E-state index contributed by atoms with van der Waals surface area (Å²) < 4.78 is 6.10. The van der Waals surface area contributed by atoms with Crippen LogP contribution in [0.15, 0.2) is 89.3 Å². The van der Waals surface area contributed by atoms with Gasteiger partial charge in [0.05, 0.1) is 5.36 Å². The van der Waals surface area contributed by atoms with Gasteiger partial charge >= 0.3 is 0 Å². The van der Waals surface area contributed by atoms with Crippen molar-refractivity contribution in [3.8, 4) is 22.5 Å². The summed E-state index contributed by atoms with van der Waals surface area (Å²) in [7, 11) is 0. The summed E-state index contributed by atoms with van der Waals surface area (Å²) in [5.41, 5.74) is 17.0. The summed E-state index contributed by atoms with van der Waals surface area (Å²) in [5, 5.41) is 12.2. The molecule has 0 saturated heterocycles. The van der Waals surface area contributed by atoms with E-state index in [1.165, 1.54) is 0 Å². The van der Waals surface area contributed by atoms with Gasteiger partial charge in [-0.1, -0.05) is 37.3 Å². The lowest BCUT2D eigenvalue weighted by atomic mass is 9.90. The standard InChI is InChI=1S/C31H29N5O3/c1-2-15-35-36-30(37)20-9-7-19(8-10-20)18-34-31(38)24-6-4-3-5-23(24)29-25-13-11-21(32)16-27(25)39-28-17-22(33)12-14-26(28)29/h3-14,16-17,32,35H,2,15,18,33H2,1H3,(H,34,38)(H,36,37). The molecule has 8 heteroatoms. The fourth-order valence-electron chi connectivity index (χ4n) is 4.49. The molecule has 0 radical (unpaired) electrons. The molecule has 8 nitrogen and oxygen atoms in total. The number of fused-ring (bicyclic) bond motifs is 2. The van der Waals surface area contributed by atoms with Crippen molar-refractivity contribution < 1.29 is 14.0 Å². The molecule has 0 fully saturated rings. The average molecular weight is 520 g/mol. The first-order chi connectivity index (χ1) is 18.9. The second kappa shape index (κ2) is 11.2. The Morgan fingerprint density at radius 2 is 1.69 bits per heavy atom. The highest BCUT2D eigenvalue weighted by Gasteiger charge is 2.21. The first-order valence-electron chi connectivity index (χ1n) is 12.7. The Labute approximate surface area is 225 Å². The molecule has 0 bridgehead atoms. The first kappa shape index (κ1) is 25.7. The Kier molecular flexibility index (Phi) is 7.38. The number of rotatable bonds is 8. The number of anilines is 1. The molecule has 196 valence electrons. The van der Waals surface area contributed by atoms with Gasteiger partial charge in [0.15, 0.2) is 0 Å². The number of carbonyl (C=O) groups is 2. The molecule has 0 spiro atoms. The Morgan fingerprint density at radius 1 is 0.897 bits per heavy atom. The van der Waals surface area contributed by atoms with E-state index in [0.717, 1.165) is 34.1 Å². The second-order valence-electron chi connectivity index (χ2n) is 9.25. The Hall–Kier alpha value is -4.95. The van der Waals surface area contributed by atoms with E-state index in [1.807, 2.05) is 49.4 Å². The lowest BCUT2D eigenvalue weighted by molar-refractivity contribution is 0.0929. The predicted molar refractivity (Wildman–Crippen MR) is 152 cm³/mol. The largest absolute Gasteiger partial charge is 0.456 e. The fourth-order valence-corrected chi connectivity index (χ4v) is 4.49. The van der Waals surface area contributed by atoms with Crippen molar-refractivity contribution in [1.29, 1.82) is 5.41 Å². The Balaban J connectivity index is 1.44. The molecule has 3 aromatic carbocycles. The quantitative estimate of drug-likeness (QED) is 0.0866. The normalized spacial score (nSPS) is 11.0. The van der Waals surface area contributed by atoms with E-state index < -0.39 is 0 Å². The molecular weight excluding hydrogens is 490 g/mol. The second-order valence-corrected chi connectivity index (χ2v) is 9.25. The van der Waals surface area contributed by atoms with E-state index in [1.54, 1.807) is 42.5 Å². The van der Waals surface area contributed by atoms with Crippen molar-refractivity contribution in [3.63, 3.8) is 0 Å². The van der Waals surface area contributed by atoms with E-state index >= 15 is 0 Å². The molecule has 6 N–H and O–H groups in total. The van der Waals surface area contributed by atoms with Gasteiger partial charge in [-0.2, -0.15) is 0 Å². The minimum atomic E-state index is -0.231. The number of hydrogen-bond donors (Lipinski definition) is 5. The molecule has 3 aromatic rings. The molecule has 2 aliphatic rings. The van der Waals surface area contributed by atoms with Gasteiger partial charge in [-0.05, 0) is 60.0 Å². The van der Waals surface area contributed by atoms with E-state index in [0.29, 0.717) is 46.6 Å². The first-order valence-corrected chi connectivity index (χ1v) is 12.7. The summed E-state index contributed by atoms with van der Waals surface area (Å²) in [6.07, 6.45) is 0.912. The molecule has 1 aliphatic heterocycles. The molecule has 39 heavy (non-hydrogen) atoms. The maximum Gasteiger partial charge on any atom is 0.265 e. The van der Waals surface area contributed by atoms with E-state index in [2.05, 4.69) is 16.2 Å². The van der Waals surface area contributed by atoms with Gasteiger partial charge < -0.3 is 20.9 Å². The van der Waals surface area contributed by atoms with Gasteiger partial charge in [0, 0.05) is 58.5 Å². The molecule has 0 saturated carbocycles. The van der Waals surface area contributed by atoms with Gasteiger partial charge in [0.1, 0.15) is 11.3 Å². The summed E-state index contributed by atoms with van der Waals surface area (Å²) in [6, 6.07) is 25.2. The molecule has 5 rings (SSSR count). The van der Waals surface area contributed by atoms with Gasteiger partial charge in [0.25, 0.3) is 11.8 Å². The molecule has 1 heterocycles. The zero-order chi connectivity index (χ0) is 27.4. The maximum absolute atomic E-state index is 13.5. The number of hydrazine groups is 1. The highest BCUT2D eigenvalue weighted by atomic mass is 16.3. The van der Waals surface area contributed by atoms with Crippen LogP contribution in [-0.2, 0) is 6.54 Å². The topological polar surface area (TPSA) is 133 Å². The van der Waals surface area contributed by atoms with Crippen molar-refractivity contribution in [2.75, 3.05) is 12.3 Å². The summed E-state index contributed by atoms with van der Waals surface area (Å²) in [6.45, 7) is 3.01. The lowest BCUT2D eigenvalue weighted by Gasteiger charge is -2.18. The molecule has 1 aliphatic carbocycles. The van der Waals surface area contributed by atoms with Crippen molar-refractivity contribution in [3.05, 3.63) is 107 Å². The van der Waals surface area contributed by atoms with Crippen LogP contribution in [0.3, 0.4) is 0 Å². The van der Waals surface area contributed by atoms with Crippen LogP contribution >= 0.6 is 0 Å². The third kappa shape index (κ3) is 5.51.